The Morgan fingerprint density at radius 1 is 1.11 bits per heavy atom. The molecule has 3 aliphatic heterocycles. The van der Waals surface area contributed by atoms with Gasteiger partial charge in [-0.3, -0.25) is 23.9 Å². The van der Waals surface area contributed by atoms with E-state index in [1.54, 1.807) is 17.2 Å². The number of alkyl halides is 1. The maximum atomic E-state index is 14.3. The SMILES string of the molecule is O=C(N[C@H]1CCCC[C@H]2CC[C@@H](C(=O)N3C[C@@H](c4cccnc4)CC34CC4)N2C1=O)c1cc2cc([C@@H](F)P(=O)(O)O)ccc2s1. The van der Waals surface area contributed by atoms with Crippen LogP contribution in [0.15, 0.2) is 48.8 Å². The fourth-order valence-corrected chi connectivity index (χ4v) is 9.16. The second kappa shape index (κ2) is 11.6. The lowest BCUT2D eigenvalue weighted by Crippen LogP contribution is -2.57. The van der Waals surface area contributed by atoms with Crippen LogP contribution in [0.1, 0.15) is 90.4 Å². The highest BCUT2D eigenvalue weighted by atomic mass is 32.1. The molecule has 3 aromatic rings. The number of hydrogen-bond acceptors (Lipinski definition) is 6. The molecule has 1 aliphatic carbocycles. The number of nitrogens with one attached hydrogen (secondary N) is 1. The molecule has 4 aliphatic rings. The zero-order valence-corrected chi connectivity index (χ0v) is 26.4. The van der Waals surface area contributed by atoms with Gasteiger partial charge < -0.3 is 24.9 Å². The molecule has 13 heteroatoms. The third kappa shape index (κ3) is 5.71. The highest BCUT2D eigenvalue weighted by Gasteiger charge is 2.58. The van der Waals surface area contributed by atoms with Gasteiger partial charge in [0.05, 0.1) is 4.88 Å². The van der Waals surface area contributed by atoms with E-state index in [2.05, 4.69) is 16.4 Å². The first-order valence-electron chi connectivity index (χ1n) is 15.6. The summed E-state index contributed by atoms with van der Waals surface area (Å²) in [4.78, 5) is 68.7. The van der Waals surface area contributed by atoms with Gasteiger partial charge in [0.25, 0.3) is 5.91 Å². The number of benzene rings is 1. The molecule has 0 bridgehead atoms. The Morgan fingerprint density at radius 2 is 1.91 bits per heavy atom. The maximum Gasteiger partial charge on any atom is 0.363 e. The van der Waals surface area contributed by atoms with E-state index in [0.29, 0.717) is 34.3 Å². The third-order valence-corrected chi connectivity index (χ3v) is 12.1. The Morgan fingerprint density at radius 3 is 2.64 bits per heavy atom. The van der Waals surface area contributed by atoms with Crippen molar-refractivity contribution in [2.75, 3.05) is 6.54 Å². The van der Waals surface area contributed by atoms with Crippen LogP contribution in [0.3, 0.4) is 0 Å². The normalized spacial score (nSPS) is 26.9. The molecule has 5 heterocycles. The van der Waals surface area contributed by atoms with Gasteiger partial charge >= 0.3 is 7.60 Å². The molecule has 0 unspecified atom stereocenters. The van der Waals surface area contributed by atoms with Crippen molar-refractivity contribution >= 4 is 46.7 Å². The average Bonchev–Trinajstić information content (AvgIpc) is 3.33. The van der Waals surface area contributed by atoms with Gasteiger partial charge in [-0.15, -0.1) is 11.3 Å². The minimum atomic E-state index is -4.97. The second-order valence-electron chi connectivity index (χ2n) is 13.0. The minimum absolute atomic E-state index is 0.0159. The summed E-state index contributed by atoms with van der Waals surface area (Å²) in [6.45, 7) is 0.624. The Kier molecular flexibility index (Phi) is 7.83. The summed E-state index contributed by atoms with van der Waals surface area (Å²) in [6, 6.07) is 8.35. The predicted octanol–water partition coefficient (Wildman–Crippen LogP) is 5.02. The monoisotopic (exact) mass is 654 g/mol. The van der Waals surface area contributed by atoms with Gasteiger partial charge in [-0.05, 0) is 85.7 Å². The van der Waals surface area contributed by atoms with E-state index in [4.69, 9.17) is 0 Å². The standard InChI is InChI=1S/C32H36FN4O6PS/c33-28(44(41,42)43)19-7-10-26-21(14-19)15-27(45-26)29(38)35-24-6-2-1-5-23-8-9-25(37(23)30(24)39)31(40)36-18-22(16-32(36)11-12-32)20-4-3-13-34-17-20/h3-4,7,10,13-15,17,22-25,28H,1-2,5-6,8-9,11-12,16,18H2,(H,35,38)(H2,41,42,43)/t22-,23-,24-,25-,28-/m0/s1. The topological polar surface area (TPSA) is 140 Å². The molecule has 3 saturated heterocycles. The molecule has 4 fully saturated rings. The van der Waals surface area contributed by atoms with Gasteiger partial charge in [-0.25, -0.2) is 4.39 Å². The highest BCUT2D eigenvalue weighted by molar-refractivity contribution is 7.51. The number of halogens is 1. The molecule has 238 valence electrons. The van der Waals surface area contributed by atoms with E-state index in [1.165, 1.54) is 18.2 Å². The van der Waals surface area contributed by atoms with Gasteiger partial charge in [-0.2, -0.15) is 0 Å². The number of hydrogen-bond donors (Lipinski definition) is 3. The maximum absolute atomic E-state index is 14.3. The zero-order valence-electron chi connectivity index (χ0n) is 24.7. The van der Waals surface area contributed by atoms with Crippen LogP contribution in [0, 0.1) is 0 Å². The number of likely N-dealkylation sites (tertiary alicyclic amines) is 1. The number of amides is 3. The Labute approximate surface area is 264 Å². The Balaban J connectivity index is 1.08. The average molecular weight is 655 g/mol. The largest absolute Gasteiger partial charge is 0.363 e. The number of fused-ring (bicyclic) bond motifs is 2. The van der Waals surface area contributed by atoms with Crippen LogP contribution in [0.4, 0.5) is 4.39 Å². The molecule has 2 aromatic heterocycles. The number of nitrogens with zero attached hydrogens (tertiary/aromatic N) is 3. The van der Waals surface area contributed by atoms with Crippen molar-refractivity contribution < 1.29 is 33.1 Å². The predicted molar refractivity (Wildman–Crippen MR) is 166 cm³/mol. The van der Waals surface area contributed by atoms with Crippen molar-refractivity contribution in [3.05, 3.63) is 64.8 Å². The number of rotatable bonds is 6. The van der Waals surface area contributed by atoms with Gasteiger partial charge in [-0.1, -0.05) is 25.0 Å². The molecule has 3 N–H and O–H groups in total. The van der Waals surface area contributed by atoms with Gasteiger partial charge in [0.1, 0.15) is 12.1 Å². The van der Waals surface area contributed by atoms with E-state index in [0.717, 1.165) is 61.8 Å². The van der Waals surface area contributed by atoms with Crippen LogP contribution in [-0.2, 0) is 14.2 Å². The summed E-state index contributed by atoms with van der Waals surface area (Å²) >= 11 is 1.16. The van der Waals surface area contributed by atoms with Crippen molar-refractivity contribution in [2.45, 2.75) is 93.3 Å². The number of thiophene rings is 1. The summed E-state index contributed by atoms with van der Waals surface area (Å²) in [7, 11) is -4.97. The van der Waals surface area contributed by atoms with Crippen molar-refractivity contribution in [3.8, 4) is 0 Å². The minimum Gasteiger partial charge on any atom is -0.340 e. The zero-order chi connectivity index (χ0) is 31.5. The third-order valence-electron chi connectivity index (χ3n) is 10.1. The van der Waals surface area contributed by atoms with E-state index in [1.807, 2.05) is 17.2 Å². The number of carbonyl (C=O) groups excluding carboxylic acids is 3. The molecule has 10 nitrogen and oxygen atoms in total. The molecule has 1 saturated carbocycles. The van der Waals surface area contributed by atoms with Crippen molar-refractivity contribution in [2.24, 2.45) is 0 Å². The summed E-state index contributed by atoms with van der Waals surface area (Å²) in [5.41, 5.74) is 0.838. The molecule has 45 heavy (non-hydrogen) atoms. The number of aromatic nitrogens is 1. The number of carbonyl (C=O) groups is 3. The fraction of sp³-hybridized carbons (Fsp3) is 0.500. The van der Waals surface area contributed by atoms with Crippen molar-refractivity contribution in [3.63, 3.8) is 0 Å². The molecule has 7 rings (SSSR count). The summed E-state index contributed by atoms with van der Waals surface area (Å²) < 4.78 is 26.3. The van der Waals surface area contributed by atoms with Crippen molar-refractivity contribution in [1.82, 2.24) is 20.1 Å². The molecule has 5 atom stereocenters. The van der Waals surface area contributed by atoms with Crippen LogP contribution in [0.2, 0.25) is 0 Å². The van der Waals surface area contributed by atoms with Crippen LogP contribution >= 0.6 is 18.9 Å². The molecule has 3 amide bonds. The van der Waals surface area contributed by atoms with E-state index in [-0.39, 0.29) is 34.9 Å². The van der Waals surface area contributed by atoms with Crippen LogP contribution in [0.5, 0.6) is 0 Å². The molecule has 1 aromatic carbocycles. The van der Waals surface area contributed by atoms with Crippen LogP contribution < -0.4 is 5.32 Å². The summed E-state index contributed by atoms with van der Waals surface area (Å²) in [5, 5.41) is 3.41. The second-order valence-corrected chi connectivity index (χ2v) is 15.7. The van der Waals surface area contributed by atoms with E-state index in [9.17, 15) is 33.1 Å². The molecular formula is C32H36FN4O6PS. The lowest BCUT2D eigenvalue weighted by molar-refractivity contribution is -0.148. The van der Waals surface area contributed by atoms with E-state index < -0.39 is 31.5 Å². The lowest BCUT2D eigenvalue weighted by Gasteiger charge is -2.37. The van der Waals surface area contributed by atoms with Gasteiger partial charge in [0.15, 0.2) is 0 Å². The molecular weight excluding hydrogens is 618 g/mol. The fourth-order valence-electron chi connectivity index (χ4n) is 7.66. The molecule has 1 spiro atoms. The first kappa shape index (κ1) is 30.5. The Bertz CT molecular complexity index is 1690. The van der Waals surface area contributed by atoms with Crippen molar-refractivity contribution in [1.29, 1.82) is 0 Å². The smallest absolute Gasteiger partial charge is 0.340 e. The quantitative estimate of drug-likeness (QED) is 0.317. The van der Waals surface area contributed by atoms with E-state index >= 15 is 0 Å². The summed E-state index contributed by atoms with van der Waals surface area (Å²) in [6.07, 6.45) is 10.8. The van der Waals surface area contributed by atoms with Crippen LogP contribution in [-0.4, -0.2) is 72.5 Å². The van der Waals surface area contributed by atoms with Crippen LogP contribution in [0.25, 0.3) is 10.1 Å². The molecule has 0 radical (unpaired) electrons. The first-order chi connectivity index (χ1) is 21.5. The first-order valence-corrected chi connectivity index (χ1v) is 18.1. The Hall–Kier alpha value is -3.18. The highest BCUT2D eigenvalue weighted by Crippen LogP contribution is 2.55. The lowest BCUT2D eigenvalue weighted by atomic mass is 9.97. The van der Waals surface area contributed by atoms with Gasteiger partial charge in [0, 0.05) is 41.1 Å². The van der Waals surface area contributed by atoms with Gasteiger partial charge in [0.2, 0.25) is 17.7 Å². The number of pyridine rings is 1. The summed E-state index contributed by atoms with van der Waals surface area (Å²) in [5.74, 6) is -2.88.